The van der Waals surface area contributed by atoms with Gasteiger partial charge in [0.25, 0.3) is 11.6 Å². The molecule has 10 heteroatoms. The Labute approximate surface area is 256 Å². The van der Waals surface area contributed by atoms with Crippen LogP contribution in [0.1, 0.15) is 74.7 Å². The summed E-state index contributed by atoms with van der Waals surface area (Å²) in [4.78, 5) is 57.8. The Kier molecular flexibility index (Phi) is 6.44. The number of rotatable bonds is 4. The summed E-state index contributed by atoms with van der Waals surface area (Å²) in [5, 5.41) is 23.0. The Hall–Kier alpha value is -3.18. The number of aliphatic hydroxyl groups excluding tert-OH is 1. The molecular formula is C34H40O10. The molecule has 0 amide bonds. The summed E-state index contributed by atoms with van der Waals surface area (Å²) in [5.74, 6) is -8.35. The van der Waals surface area contributed by atoms with E-state index in [0.29, 0.717) is 0 Å². The molecule has 7 atom stereocenters. The zero-order chi connectivity index (χ0) is 32.4. The summed E-state index contributed by atoms with van der Waals surface area (Å²) in [6.45, 7) is 14.2. The molecule has 7 rings (SSSR count). The minimum absolute atomic E-state index is 0.0142. The first-order valence-electron chi connectivity index (χ1n) is 15.1. The van der Waals surface area contributed by atoms with Gasteiger partial charge in [0.15, 0.2) is 22.9 Å². The number of carbonyl (C=O) groups excluding carboxylic acids is 4. The summed E-state index contributed by atoms with van der Waals surface area (Å²) >= 11 is 0. The van der Waals surface area contributed by atoms with Crippen LogP contribution < -0.4 is 0 Å². The van der Waals surface area contributed by atoms with Crippen LogP contribution in [-0.4, -0.2) is 73.4 Å². The standard InChI is InChI=1S/C34H40O10/c1-17(2)9-10-20-23(35)19-12-13-29(5,6)41-24(19)25(36)34(20)42-28(39)21-15-31(40)16-22-30(7,8)43-32(14-11-18(3)4,27(38)26(31)37)33(21,22)44-34/h9,11-13,15,20,22,26,37,40H,10,14,16H2,1-8H3. The van der Waals surface area contributed by atoms with Crippen molar-refractivity contribution in [1.82, 2.24) is 0 Å². The smallest absolute Gasteiger partial charge is 0.339 e. The van der Waals surface area contributed by atoms with Crippen LogP contribution in [-0.2, 0) is 38.1 Å². The highest BCUT2D eigenvalue weighted by Crippen LogP contribution is 2.68. The maximum atomic E-state index is 14.7. The zero-order valence-corrected chi connectivity index (χ0v) is 26.4. The van der Waals surface area contributed by atoms with E-state index in [1.54, 1.807) is 52.0 Å². The lowest BCUT2D eigenvalue weighted by molar-refractivity contribution is -0.311. The molecule has 0 radical (unpaired) electrons. The number of esters is 1. The van der Waals surface area contributed by atoms with E-state index in [1.807, 2.05) is 27.7 Å². The van der Waals surface area contributed by atoms with Crippen LogP contribution in [0.15, 0.2) is 58.4 Å². The van der Waals surface area contributed by atoms with Gasteiger partial charge in [-0.3, -0.25) is 14.4 Å². The van der Waals surface area contributed by atoms with Crippen LogP contribution in [0.5, 0.6) is 0 Å². The third-order valence-corrected chi connectivity index (χ3v) is 9.97. The number of ketones is 3. The number of hydrogen-bond acceptors (Lipinski definition) is 10. The average Bonchev–Trinajstić information content (AvgIpc) is 3.05. The van der Waals surface area contributed by atoms with Crippen molar-refractivity contribution in [3.05, 3.63) is 58.4 Å². The molecule has 3 heterocycles. The molecule has 3 aliphatic heterocycles. The largest absolute Gasteiger partial charge is 0.479 e. The van der Waals surface area contributed by atoms with Crippen molar-refractivity contribution in [2.45, 2.75) is 115 Å². The van der Waals surface area contributed by atoms with Gasteiger partial charge >= 0.3 is 5.97 Å². The van der Waals surface area contributed by atoms with Crippen molar-refractivity contribution < 1.29 is 48.3 Å². The number of carbonyl (C=O) groups is 4. The van der Waals surface area contributed by atoms with E-state index < -0.39 is 75.1 Å². The maximum Gasteiger partial charge on any atom is 0.339 e. The first-order valence-corrected chi connectivity index (χ1v) is 15.1. The summed E-state index contributed by atoms with van der Waals surface area (Å²) in [6, 6.07) is 0. The second-order valence-electron chi connectivity index (χ2n) is 14.5. The predicted molar refractivity (Wildman–Crippen MR) is 156 cm³/mol. The van der Waals surface area contributed by atoms with Gasteiger partial charge < -0.3 is 29.2 Å². The Morgan fingerprint density at radius 2 is 1.64 bits per heavy atom. The number of aliphatic hydroxyl groups is 2. The fraction of sp³-hybridized carbons (Fsp3) is 0.588. The zero-order valence-electron chi connectivity index (χ0n) is 26.4. The van der Waals surface area contributed by atoms with E-state index >= 15 is 0 Å². The van der Waals surface area contributed by atoms with Gasteiger partial charge in [-0.15, -0.1) is 0 Å². The van der Waals surface area contributed by atoms with E-state index in [0.717, 1.165) is 17.2 Å². The minimum Gasteiger partial charge on any atom is -0.479 e. The van der Waals surface area contributed by atoms with Gasteiger partial charge in [0.1, 0.15) is 22.9 Å². The fourth-order valence-electron chi connectivity index (χ4n) is 7.89. The van der Waals surface area contributed by atoms with Gasteiger partial charge in [-0.2, -0.15) is 0 Å². The number of allylic oxidation sites excluding steroid dienone is 5. The molecule has 2 N–H and O–H groups in total. The first kappa shape index (κ1) is 30.8. The lowest BCUT2D eigenvalue weighted by Gasteiger charge is -2.56. The van der Waals surface area contributed by atoms with Crippen molar-refractivity contribution in [2.75, 3.05) is 0 Å². The molecule has 236 valence electrons. The summed E-state index contributed by atoms with van der Waals surface area (Å²) < 4.78 is 25.6. The summed E-state index contributed by atoms with van der Waals surface area (Å²) in [6.07, 6.45) is 5.54. The van der Waals surface area contributed by atoms with Crippen LogP contribution in [0.4, 0.5) is 0 Å². The molecule has 3 fully saturated rings. The first-order chi connectivity index (χ1) is 20.3. The average molecular weight is 609 g/mol. The number of fused-ring (bicyclic) bond motifs is 1. The highest BCUT2D eigenvalue weighted by molar-refractivity contribution is 6.18. The molecule has 44 heavy (non-hydrogen) atoms. The number of Topliss-reactive ketones (excluding diaryl/α,β-unsaturated/α-hetero) is 3. The van der Waals surface area contributed by atoms with Gasteiger partial charge in [0.2, 0.25) is 0 Å². The molecule has 0 aromatic rings. The van der Waals surface area contributed by atoms with E-state index in [9.17, 15) is 29.4 Å². The van der Waals surface area contributed by atoms with Crippen molar-refractivity contribution >= 4 is 23.3 Å². The monoisotopic (exact) mass is 608 g/mol. The number of hydrogen-bond donors (Lipinski definition) is 2. The van der Waals surface area contributed by atoms with Gasteiger partial charge in [-0.25, -0.2) is 4.79 Å². The normalized spacial score (nSPS) is 41.0. The molecule has 0 aromatic carbocycles. The van der Waals surface area contributed by atoms with Gasteiger partial charge in [0, 0.05) is 12.3 Å². The Balaban J connectivity index is 1.66. The SMILES string of the molecule is CC(C)=CCC1C(=O)C2=C(OC(C)(C)C=C2)C(=O)C12OC(=O)C1=CC3(O)CC4C(C)(C)OC(CC=C(C)C)(C(=O)C3O)C14O2. The molecule has 1 saturated carbocycles. The van der Waals surface area contributed by atoms with Crippen molar-refractivity contribution in [3.63, 3.8) is 0 Å². The molecule has 2 saturated heterocycles. The Bertz CT molecular complexity index is 1560. The van der Waals surface area contributed by atoms with Crippen LogP contribution in [0.3, 0.4) is 0 Å². The molecule has 4 bridgehead atoms. The van der Waals surface area contributed by atoms with Crippen LogP contribution in [0, 0.1) is 11.8 Å². The van der Waals surface area contributed by atoms with Crippen molar-refractivity contribution in [3.8, 4) is 0 Å². The second-order valence-corrected chi connectivity index (χ2v) is 14.5. The molecule has 2 spiro atoms. The summed E-state index contributed by atoms with van der Waals surface area (Å²) in [7, 11) is 0. The van der Waals surface area contributed by atoms with Crippen LogP contribution >= 0.6 is 0 Å². The maximum absolute atomic E-state index is 14.7. The lowest BCUT2D eigenvalue weighted by Crippen LogP contribution is -2.73. The molecule has 4 aliphatic carbocycles. The van der Waals surface area contributed by atoms with Gasteiger partial charge in [0.05, 0.1) is 22.7 Å². The minimum atomic E-state index is -2.53. The highest BCUT2D eigenvalue weighted by atomic mass is 16.8. The number of ether oxygens (including phenoxy) is 4. The van der Waals surface area contributed by atoms with E-state index in [2.05, 4.69) is 0 Å². The van der Waals surface area contributed by atoms with Crippen LogP contribution in [0.2, 0.25) is 0 Å². The lowest BCUT2D eigenvalue weighted by atomic mass is 9.61. The third kappa shape index (κ3) is 3.80. The second kappa shape index (κ2) is 9.19. The van der Waals surface area contributed by atoms with Gasteiger partial charge in [-0.05, 0) is 86.5 Å². The Morgan fingerprint density at radius 1 is 0.977 bits per heavy atom. The van der Waals surface area contributed by atoms with Crippen LogP contribution in [0.25, 0.3) is 0 Å². The molecule has 0 aromatic heterocycles. The Morgan fingerprint density at radius 3 is 2.27 bits per heavy atom. The molecule has 7 aliphatic rings. The molecule has 10 nitrogen and oxygen atoms in total. The van der Waals surface area contributed by atoms with E-state index in [4.69, 9.17) is 18.9 Å². The van der Waals surface area contributed by atoms with Gasteiger partial charge in [-0.1, -0.05) is 23.3 Å². The van der Waals surface area contributed by atoms with E-state index in [1.165, 1.54) is 0 Å². The third-order valence-electron chi connectivity index (χ3n) is 9.97. The predicted octanol–water partition coefficient (Wildman–Crippen LogP) is 3.26. The van der Waals surface area contributed by atoms with E-state index in [-0.39, 0.29) is 36.2 Å². The van der Waals surface area contributed by atoms with Crippen molar-refractivity contribution in [1.29, 1.82) is 0 Å². The summed E-state index contributed by atoms with van der Waals surface area (Å²) in [5.41, 5.74) is -6.80. The fourth-order valence-corrected chi connectivity index (χ4v) is 7.89. The molecular weight excluding hydrogens is 568 g/mol. The van der Waals surface area contributed by atoms with Crippen molar-refractivity contribution in [2.24, 2.45) is 11.8 Å². The molecule has 7 unspecified atom stereocenters. The quantitative estimate of drug-likeness (QED) is 0.360. The highest BCUT2D eigenvalue weighted by Gasteiger charge is 2.84. The topological polar surface area (TPSA) is 146 Å².